The highest BCUT2D eigenvalue weighted by Crippen LogP contribution is 2.16. The van der Waals surface area contributed by atoms with Crippen molar-refractivity contribution in [3.8, 4) is 5.69 Å². The molecule has 0 radical (unpaired) electrons. The predicted molar refractivity (Wildman–Crippen MR) is 75.2 cm³/mol. The highest BCUT2D eigenvalue weighted by atomic mass is 79.9. The molecule has 0 fully saturated rings. The second kappa shape index (κ2) is 5.50. The van der Waals surface area contributed by atoms with E-state index in [9.17, 15) is 0 Å². The third kappa shape index (κ3) is 2.97. The van der Waals surface area contributed by atoms with Gasteiger partial charge in [-0.15, -0.1) is 0 Å². The molecule has 0 aliphatic carbocycles. The number of rotatable bonds is 4. The molecule has 0 N–H and O–H groups in total. The number of aryl methyl sites for hydroxylation is 3. The maximum atomic E-state index is 4.43. The molecule has 90 valence electrons. The normalized spacial score (nSPS) is 10.8. The maximum absolute atomic E-state index is 4.43. The summed E-state index contributed by atoms with van der Waals surface area (Å²) in [5, 5.41) is 5.47. The first-order chi connectivity index (χ1) is 8.20. The van der Waals surface area contributed by atoms with E-state index < -0.39 is 0 Å². The van der Waals surface area contributed by atoms with Crippen molar-refractivity contribution in [3.05, 3.63) is 47.3 Å². The van der Waals surface area contributed by atoms with Gasteiger partial charge in [-0.25, -0.2) is 4.68 Å². The topological polar surface area (TPSA) is 17.8 Å². The minimum atomic E-state index is 1.04. The smallest absolute Gasteiger partial charge is 0.0674 e. The summed E-state index contributed by atoms with van der Waals surface area (Å²) in [6, 6.07) is 6.45. The van der Waals surface area contributed by atoms with Gasteiger partial charge in [0.1, 0.15) is 0 Å². The van der Waals surface area contributed by atoms with E-state index in [1.807, 2.05) is 10.9 Å². The summed E-state index contributed by atoms with van der Waals surface area (Å²) < 4.78 is 1.97. The van der Waals surface area contributed by atoms with E-state index in [0.717, 1.165) is 18.2 Å². The molecular formula is C14H17BrN2. The van der Waals surface area contributed by atoms with E-state index in [1.54, 1.807) is 0 Å². The molecule has 0 atom stereocenters. The summed E-state index contributed by atoms with van der Waals surface area (Å²) in [4.78, 5) is 0. The number of nitrogens with zero attached hydrogens (tertiary/aromatic N) is 2. The van der Waals surface area contributed by atoms with Crippen molar-refractivity contribution in [1.82, 2.24) is 9.78 Å². The third-order valence-electron chi connectivity index (χ3n) is 2.83. The molecule has 0 unspecified atom stereocenters. The van der Waals surface area contributed by atoms with Crippen molar-refractivity contribution < 1.29 is 0 Å². The van der Waals surface area contributed by atoms with Gasteiger partial charge >= 0.3 is 0 Å². The number of hydrogen-bond donors (Lipinski definition) is 0. The van der Waals surface area contributed by atoms with E-state index in [2.05, 4.69) is 59.3 Å². The molecule has 1 heterocycles. The van der Waals surface area contributed by atoms with Crippen LogP contribution in [0.25, 0.3) is 5.69 Å². The van der Waals surface area contributed by atoms with E-state index in [1.165, 1.54) is 22.4 Å². The Kier molecular flexibility index (Phi) is 4.00. The Morgan fingerprint density at radius 2 is 2.12 bits per heavy atom. The second-order valence-corrected chi connectivity index (χ2v) is 5.17. The van der Waals surface area contributed by atoms with Crippen molar-refractivity contribution in [2.75, 3.05) is 5.33 Å². The Bertz CT molecular complexity index is 503. The quantitative estimate of drug-likeness (QED) is 0.784. The molecule has 1 aromatic carbocycles. The molecule has 0 spiro atoms. The Hall–Kier alpha value is -1.09. The summed E-state index contributed by atoms with van der Waals surface area (Å²) in [7, 11) is 0. The molecule has 0 saturated heterocycles. The van der Waals surface area contributed by atoms with Crippen LogP contribution >= 0.6 is 15.9 Å². The van der Waals surface area contributed by atoms with Crippen LogP contribution in [-0.4, -0.2) is 15.1 Å². The van der Waals surface area contributed by atoms with Gasteiger partial charge in [-0.1, -0.05) is 33.6 Å². The van der Waals surface area contributed by atoms with Crippen LogP contribution in [0.2, 0.25) is 0 Å². The van der Waals surface area contributed by atoms with Crippen LogP contribution < -0.4 is 0 Å². The van der Waals surface area contributed by atoms with Gasteiger partial charge < -0.3 is 0 Å². The molecular weight excluding hydrogens is 276 g/mol. The number of hydrogen-bond acceptors (Lipinski definition) is 1. The van der Waals surface area contributed by atoms with E-state index >= 15 is 0 Å². The monoisotopic (exact) mass is 292 g/mol. The molecule has 0 saturated carbocycles. The lowest BCUT2D eigenvalue weighted by Gasteiger charge is -2.06. The standard InChI is InChI=1S/C14H17BrN2/c1-11-5-6-14(12(2)8-11)17-10-13(9-16-17)4-3-7-15/h5-6,8-10H,3-4,7H2,1-2H3. The van der Waals surface area contributed by atoms with Crippen molar-refractivity contribution in [1.29, 1.82) is 0 Å². The zero-order chi connectivity index (χ0) is 12.3. The second-order valence-electron chi connectivity index (χ2n) is 4.38. The lowest BCUT2D eigenvalue weighted by atomic mass is 10.1. The maximum Gasteiger partial charge on any atom is 0.0674 e. The average Bonchev–Trinajstić information content (AvgIpc) is 2.75. The summed E-state index contributed by atoms with van der Waals surface area (Å²) in [6.45, 7) is 4.24. The van der Waals surface area contributed by atoms with Crippen LogP contribution in [0.5, 0.6) is 0 Å². The zero-order valence-electron chi connectivity index (χ0n) is 10.3. The van der Waals surface area contributed by atoms with Gasteiger partial charge in [0.15, 0.2) is 0 Å². The van der Waals surface area contributed by atoms with Gasteiger partial charge in [-0.3, -0.25) is 0 Å². The third-order valence-corrected chi connectivity index (χ3v) is 3.39. The van der Waals surface area contributed by atoms with Crippen LogP contribution in [0.4, 0.5) is 0 Å². The Morgan fingerprint density at radius 3 is 2.82 bits per heavy atom. The zero-order valence-corrected chi connectivity index (χ0v) is 11.9. The SMILES string of the molecule is Cc1ccc(-n2cc(CCCBr)cn2)c(C)c1. The lowest BCUT2D eigenvalue weighted by molar-refractivity contribution is 0.869. The number of aromatic nitrogens is 2. The van der Waals surface area contributed by atoms with Gasteiger partial charge in [0, 0.05) is 11.5 Å². The molecule has 0 amide bonds. The Labute approximate surface area is 111 Å². The van der Waals surface area contributed by atoms with E-state index in [4.69, 9.17) is 0 Å². The predicted octanol–water partition coefficient (Wildman–Crippen LogP) is 3.82. The summed E-state index contributed by atoms with van der Waals surface area (Å²) in [6.07, 6.45) is 6.32. The molecule has 1 aromatic heterocycles. The van der Waals surface area contributed by atoms with E-state index in [-0.39, 0.29) is 0 Å². The van der Waals surface area contributed by atoms with Crippen molar-refractivity contribution in [2.24, 2.45) is 0 Å². The van der Waals surface area contributed by atoms with Gasteiger partial charge in [0.2, 0.25) is 0 Å². The van der Waals surface area contributed by atoms with Crippen molar-refractivity contribution >= 4 is 15.9 Å². The van der Waals surface area contributed by atoms with Crippen LogP contribution in [0.1, 0.15) is 23.1 Å². The average molecular weight is 293 g/mol. The molecule has 2 nitrogen and oxygen atoms in total. The summed E-state index contributed by atoms with van der Waals surface area (Å²) in [5.74, 6) is 0. The van der Waals surface area contributed by atoms with Crippen LogP contribution in [-0.2, 0) is 6.42 Å². The fourth-order valence-corrected chi connectivity index (χ4v) is 2.23. The number of halogens is 1. The molecule has 0 aliphatic heterocycles. The minimum Gasteiger partial charge on any atom is -0.240 e. The van der Waals surface area contributed by atoms with Gasteiger partial charge in [-0.2, -0.15) is 5.10 Å². The first-order valence-corrected chi connectivity index (χ1v) is 7.00. The Balaban J connectivity index is 2.24. The van der Waals surface area contributed by atoms with Gasteiger partial charge in [-0.05, 0) is 43.9 Å². The first-order valence-electron chi connectivity index (χ1n) is 5.88. The fraction of sp³-hybridized carbons (Fsp3) is 0.357. The number of alkyl halides is 1. The molecule has 17 heavy (non-hydrogen) atoms. The van der Waals surface area contributed by atoms with Crippen molar-refractivity contribution in [3.63, 3.8) is 0 Å². The van der Waals surface area contributed by atoms with E-state index in [0.29, 0.717) is 0 Å². The van der Waals surface area contributed by atoms with Crippen LogP contribution in [0.15, 0.2) is 30.6 Å². The summed E-state index contributed by atoms with van der Waals surface area (Å²) >= 11 is 3.45. The highest BCUT2D eigenvalue weighted by Gasteiger charge is 2.03. The highest BCUT2D eigenvalue weighted by molar-refractivity contribution is 9.09. The fourth-order valence-electron chi connectivity index (χ4n) is 1.95. The largest absolute Gasteiger partial charge is 0.240 e. The lowest BCUT2D eigenvalue weighted by Crippen LogP contribution is -1.97. The first kappa shape index (κ1) is 12.4. The molecule has 2 aromatic rings. The van der Waals surface area contributed by atoms with Crippen molar-refractivity contribution in [2.45, 2.75) is 26.7 Å². The minimum absolute atomic E-state index is 1.04. The van der Waals surface area contributed by atoms with Crippen LogP contribution in [0.3, 0.4) is 0 Å². The molecule has 2 rings (SSSR count). The number of benzene rings is 1. The molecule has 3 heteroatoms. The molecule has 0 aliphatic rings. The van der Waals surface area contributed by atoms with Gasteiger partial charge in [0.05, 0.1) is 11.9 Å². The summed E-state index contributed by atoms with van der Waals surface area (Å²) in [5.41, 5.74) is 5.02. The van der Waals surface area contributed by atoms with Crippen LogP contribution in [0, 0.1) is 13.8 Å². The molecule has 0 bridgehead atoms. The van der Waals surface area contributed by atoms with Gasteiger partial charge in [0.25, 0.3) is 0 Å². The Morgan fingerprint density at radius 1 is 1.29 bits per heavy atom.